The van der Waals surface area contributed by atoms with Gasteiger partial charge in [0.05, 0.1) is 28.4 Å². The molecule has 8 heteroatoms. The largest absolute Gasteiger partial charge is 0.478 e. The van der Waals surface area contributed by atoms with Crippen LogP contribution in [0.1, 0.15) is 27.3 Å². The lowest BCUT2D eigenvalue weighted by atomic mass is 10.1. The molecule has 1 aromatic heterocycles. The van der Waals surface area contributed by atoms with Crippen molar-refractivity contribution in [1.82, 2.24) is 9.78 Å². The summed E-state index contributed by atoms with van der Waals surface area (Å²) in [6.45, 7) is 3.38. The highest BCUT2D eigenvalue weighted by molar-refractivity contribution is 9.10. The minimum Gasteiger partial charge on any atom is -0.478 e. The van der Waals surface area contributed by atoms with E-state index >= 15 is 0 Å². The number of carbonyl (C=O) groups is 1. The van der Waals surface area contributed by atoms with Crippen LogP contribution in [0.3, 0.4) is 0 Å². The topological polar surface area (TPSA) is 98.3 Å². The average molecular weight is 354 g/mol. The maximum atomic E-state index is 11.2. The Balaban J connectivity index is 2.46. The quantitative estimate of drug-likeness (QED) is 0.672. The van der Waals surface area contributed by atoms with Crippen LogP contribution in [0.15, 0.2) is 22.7 Å². The van der Waals surface area contributed by atoms with Crippen LogP contribution in [-0.2, 0) is 6.54 Å². The summed E-state index contributed by atoms with van der Waals surface area (Å²) in [4.78, 5) is 21.8. The van der Waals surface area contributed by atoms with E-state index in [0.717, 1.165) is 0 Å². The summed E-state index contributed by atoms with van der Waals surface area (Å²) in [5, 5.41) is 24.4. The van der Waals surface area contributed by atoms with Crippen molar-refractivity contribution in [3.05, 3.63) is 55.3 Å². The van der Waals surface area contributed by atoms with Crippen molar-refractivity contribution in [3.8, 4) is 0 Å². The first-order chi connectivity index (χ1) is 9.81. The van der Waals surface area contributed by atoms with Crippen LogP contribution < -0.4 is 0 Å². The highest BCUT2D eigenvalue weighted by atomic mass is 79.9. The van der Waals surface area contributed by atoms with Crippen molar-refractivity contribution in [2.45, 2.75) is 20.4 Å². The van der Waals surface area contributed by atoms with Gasteiger partial charge in [0, 0.05) is 10.5 Å². The van der Waals surface area contributed by atoms with Crippen LogP contribution in [0.5, 0.6) is 0 Å². The van der Waals surface area contributed by atoms with Crippen molar-refractivity contribution >= 4 is 27.6 Å². The summed E-state index contributed by atoms with van der Waals surface area (Å²) >= 11 is 3.19. The number of carboxylic acids is 1. The molecule has 0 atom stereocenters. The SMILES string of the molecule is Cc1nn(Cc2ccc(Br)cc2[N+](=O)[O-])c(C)c1C(=O)O. The minimum absolute atomic E-state index is 0.0335. The van der Waals surface area contributed by atoms with E-state index in [0.29, 0.717) is 21.4 Å². The zero-order chi connectivity index (χ0) is 15.7. The number of aromatic carboxylic acids is 1. The molecule has 0 unspecified atom stereocenters. The van der Waals surface area contributed by atoms with Gasteiger partial charge in [0.2, 0.25) is 0 Å². The van der Waals surface area contributed by atoms with Crippen molar-refractivity contribution in [1.29, 1.82) is 0 Å². The predicted octanol–water partition coefficient (Wildman–Crippen LogP) is 2.92. The van der Waals surface area contributed by atoms with Crippen LogP contribution >= 0.6 is 15.9 Å². The Labute approximate surface area is 128 Å². The van der Waals surface area contributed by atoms with Gasteiger partial charge in [0.15, 0.2) is 0 Å². The predicted molar refractivity (Wildman–Crippen MR) is 78.6 cm³/mol. The number of nitro groups is 1. The number of aryl methyl sites for hydroxylation is 1. The molecule has 0 amide bonds. The number of nitrogens with zero attached hydrogens (tertiary/aromatic N) is 3. The molecule has 0 saturated carbocycles. The van der Waals surface area contributed by atoms with Crippen molar-refractivity contribution in [2.75, 3.05) is 0 Å². The van der Waals surface area contributed by atoms with Crippen LogP contribution in [0.4, 0.5) is 5.69 Å². The molecule has 7 nitrogen and oxygen atoms in total. The van der Waals surface area contributed by atoms with Gasteiger partial charge in [-0.3, -0.25) is 14.8 Å². The Morgan fingerprint density at radius 2 is 2.14 bits per heavy atom. The normalized spacial score (nSPS) is 10.6. The van der Waals surface area contributed by atoms with Gasteiger partial charge in [-0.05, 0) is 26.0 Å². The third kappa shape index (κ3) is 2.94. The molecule has 0 aliphatic rings. The van der Waals surface area contributed by atoms with Gasteiger partial charge in [-0.1, -0.05) is 15.9 Å². The van der Waals surface area contributed by atoms with Crippen molar-refractivity contribution in [2.24, 2.45) is 0 Å². The molecule has 1 aromatic carbocycles. The molecule has 2 aromatic rings. The first-order valence-electron chi connectivity index (χ1n) is 6.01. The summed E-state index contributed by atoms with van der Waals surface area (Å²) < 4.78 is 2.08. The molecule has 1 heterocycles. The molecular formula is C13H12BrN3O4. The first kappa shape index (κ1) is 15.2. The molecule has 0 fully saturated rings. The summed E-state index contributed by atoms with van der Waals surface area (Å²) in [6, 6.07) is 4.74. The summed E-state index contributed by atoms with van der Waals surface area (Å²) in [6.07, 6.45) is 0. The number of benzene rings is 1. The Bertz CT molecular complexity index is 739. The lowest BCUT2D eigenvalue weighted by molar-refractivity contribution is -0.385. The monoisotopic (exact) mass is 353 g/mol. The van der Waals surface area contributed by atoms with Gasteiger partial charge >= 0.3 is 5.97 Å². The van der Waals surface area contributed by atoms with Crippen LogP contribution in [-0.4, -0.2) is 25.8 Å². The highest BCUT2D eigenvalue weighted by Gasteiger charge is 2.20. The van der Waals surface area contributed by atoms with Crippen LogP contribution in [0.2, 0.25) is 0 Å². The van der Waals surface area contributed by atoms with E-state index in [9.17, 15) is 14.9 Å². The van der Waals surface area contributed by atoms with E-state index in [1.165, 1.54) is 10.7 Å². The Kier molecular flexibility index (Phi) is 4.08. The lowest BCUT2D eigenvalue weighted by Crippen LogP contribution is -2.07. The second kappa shape index (κ2) is 5.65. The highest BCUT2D eigenvalue weighted by Crippen LogP contribution is 2.25. The summed E-state index contributed by atoms with van der Waals surface area (Å²) in [5.41, 5.74) is 1.42. The smallest absolute Gasteiger partial charge is 0.339 e. The number of halogens is 1. The fourth-order valence-corrected chi connectivity index (χ4v) is 2.51. The number of carboxylic acid groups (broad SMARTS) is 1. The van der Waals surface area contributed by atoms with Gasteiger partial charge < -0.3 is 5.11 Å². The van der Waals surface area contributed by atoms with Gasteiger partial charge in [-0.25, -0.2) is 4.79 Å². The number of rotatable bonds is 4. The van der Waals surface area contributed by atoms with E-state index in [-0.39, 0.29) is 17.8 Å². The second-order valence-corrected chi connectivity index (χ2v) is 5.45. The van der Waals surface area contributed by atoms with Gasteiger partial charge in [0.1, 0.15) is 5.56 Å². The van der Waals surface area contributed by atoms with E-state index in [4.69, 9.17) is 5.11 Å². The molecular weight excluding hydrogens is 342 g/mol. The van der Waals surface area contributed by atoms with E-state index in [1.54, 1.807) is 26.0 Å². The molecule has 0 spiro atoms. The maximum Gasteiger partial charge on any atom is 0.339 e. The van der Waals surface area contributed by atoms with E-state index in [2.05, 4.69) is 21.0 Å². The second-order valence-electron chi connectivity index (χ2n) is 4.54. The van der Waals surface area contributed by atoms with Gasteiger partial charge in [-0.15, -0.1) is 0 Å². The lowest BCUT2D eigenvalue weighted by Gasteiger charge is -2.06. The third-order valence-electron chi connectivity index (χ3n) is 3.16. The first-order valence-corrected chi connectivity index (χ1v) is 6.80. The molecule has 2 rings (SSSR count). The average Bonchev–Trinajstić information content (AvgIpc) is 2.66. The molecule has 110 valence electrons. The molecule has 0 aliphatic carbocycles. The third-order valence-corrected chi connectivity index (χ3v) is 3.65. The Hall–Kier alpha value is -2.22. The zero-order valence-corrected chi connectivity index (χ0v) is 12.9. The molecule has 1 N–H and O–H groups in total. The standard InChI is InChI=1S/C13H12BrN3O4/c1-7-12(13(18)19)8(2)16(15-7)6-9-3-4-10(14)5-11(9)17(20)21/h3-5H,6H2,1-2H3,(H,18,19). The zero-order valence-electron chi connectivity index (χ0n) is 11.3. The number of hydrogen-bond donors (Lipinski definition) is 1. The van der Waals surface area contributed by atoms with E-state index < -0.39 is 10.9 Å². The van der Waals surface area contributed by atoms with Gasteiger partial charge in [-0.2, -0.15) is 5.10 Å². The molecule has 0 aliphatic heterocycles. The fourth-order valence-electron chi connectivity index (χ4n) is 2.16. The van der Waals surface area contributed by atoms with Crippen LogP contribution in [0, 0.1) is 24.0 Å². The maximum absolute atomic E-state index is 11.2. The summed E-state index contributed by atoms with van der Waals surface area (Å²) in [7, 11) is 0. The van der Waals surface area contributed by atoms with Crippen molar-refractivity contribution in [3.63, 3.8) is 0 Å². The van der Waals surface area contributed by atoms with E-state index in [1.807, 2.05) is 0 Å². The number of aromatic nitrogens is 2. The Morgan fingerprint density at radius 3 is 2.67 bits per heavy atom. The number of nitro benzene ring substituents is 1. The van der Waals surface area contributed by atoms with Gasteiger partial charge in [0.25, 0.3) is 5.69 Å². The molecule has 0 radical (unpaired) electrons. The fraction of sp³-hybridized carbons (Fsp3) is 0.231. The molecule has 0 saturated heterocycles. The molecule has 21 heavy (non-hydrogen) atoms. The number of hydrogen-bond acceptors (Lipinski definition) is 4. The van der Waals surface area contributed by atoms with Crippen LogP contribution in [0.25, 0.3) is 0 Å². The molecule has 0 bridgehead atoms. The minimum atomic E-state index is -1.05. The Morgan fingerprint density at radius 1 is 1.48 bits per heavy atom. The van der Waals surface area contributed by atoms with Crippen molar-refractivity contribution < 1.29 is 14.8 Å². The summed E-state index contributed by atoms with van der Waals surface area (Å²) in [5.74, 6) is -1.05.